The van der Waals surface area contributed by atoms with E-state index < -0.39 is 16.3 Å². The van der Waals surface area contributed by atoms with Gasteiger partial charge >= 0.3 is 5.97 Å². The Bertz CT molecular complexity index is 389. The summed E-state index contributed by atoms with van der Waals surface area (Å²) in [5.74, 6) is -1.21. The molecular formula is C7H6O4S. The average Bonchev–Trinajstić information content (AvgIpc) is 2.04. The van der Waals surface area contributed by atoms with E-state index in [-0.39, 0.29) is 16.9 Å². The molecule has 1 rings (SSSR count). The molecule has 0 radical (unpaired) electrons. The van der Waals surface area contributed by atoms with Crippen molar-refractivity contribution < 1.29 is 18.3 Å². The molecule has 0 amide bonds. The minimum Gasteiger partial charge on any atom is -0.478 e. The fraction of sp³-hybridized carbons (Fsp3) is 0.143. The van der Waals surface area contributed by atoms with Crippen LogP contribution in [-0.2, 0) is 15.1 Å². The number of allylic oxidation sites excluding steroid dienone is 3. The molecule has 5 heteroatoms. The minimum absolute atomic E-state index is 0.0648. The van der Waals surface area contributed by atoms with Crippen LogP contribution < -0.4 is 0 Å². The lowest BCUT2D eigenvalue weighted by atomic mass is 10.1. The first kappa shape index (κ1) is 8.73. The maximum atomic E-state index is 10.5. The molecular weight excluding hydrogens is 180 g/mol. The maximum absolute atomic E-state index is 10.5. The summed E-state index contributed by atoms with van der Waals surface area (Å²) in [6, 6.07) is 0. The number of carbonyl (C=O) groups is 1. The molecule has 0 saturated heterocycles. The van der Waals surface area contributed by atoms with Crippen molar-refractivity contribution in [1.82, 2.24) is 0 Å². The SMILES string of the molecule is O=[12C](O)C1=CC=CCC1=S(=O)=O. The summed E-state index contributed by atoms with van der Waals surface area (Å²) >= 11 is 0. The highest BCUT2D eigenvalue weighted by Crippen LogP contribution is 2.08. The molecule has 0 unspecified atom stereocenters. The predicted molar refractivity (Wildman–Crippen MR) is 43.4 cm³/mol. The van der Waals surface area contributed by atoms with Gasteiger partial charge < -0.3 is 5.11 Å². The summed E-state index contributed by atoms with van der Waals surface area (Å²) in [5, 5.41) is 8.56. The number of hydrogen-bond acceptors (Lipinski definition) is 3. The van der Waals surface area contributed by atoms with Gasteiger partial charge in [0, 0.05) is 6.42 Å². The monoisotopic (exact) mass is 186 g/mol. The normalized spacial score (nSPS) is 15.7. The van der Waals surface area contributed by atoms with Gasteiger partial charge in [-0.2, -0.15) is 8.42 Å². The van der Waals surface area contributed by atoms with Crippen LogP contribution in [0, 0.1) is 0 Å². The molecule has 0 aromatic rings. The number of hydrogen-bond donors (Lipinski definition) is 1. The second-order valence-corrected chi connectivity index (χ2v) is 3.14. The Morgan fingerprint density at radius 3 is 2.58 bits per heavy atom. The molecule has 1 N–H and O–H groups in total. The van der Waals surface area contributed by atoms with Crippen molar-refractivity contribution in [2.24, 2.45) is 0 Å². The number of rotatable bonds is 1. The fourth-order valence-corrected chi connectivity index (χ4v) is 1.46. The zero-order valence-electron chi connectivity index (χ0n) is 6.02. The van der Waals surface area contributed by atoms with E-state index in [1.807, 2.05) is 0 Å². The smallest absolute Gasteiger partial charge is 0.337 e. The van der Waals surface area contributed by atoms with Crippen LogP contribution in [0.5, 0.6) is 0 Å². The number of carboxylic acids is 1. The van der Waals surface area contributed by atoms with Crippen molar-refractivity contribution in [2.45, 2.75) is 6.42 Å². The first-order valence-corrected chi connectivity index (χ1v) is 4.26. The van der Waals surface area contributed by atoms with E-state index in [0.29, 0.717) is 0 Å². The first-order valence-electron chi connectivity index (χ1n) is 3.18. The summed E-state index contributed by atoms with van der Waals surface area (Å²) < 4.78 is 21.0. The molecule has 4 nitrogen and oxygen atoms in total. The molecule has 0 saturated carbocycles. The molecule has 64 valence electrons. The Balaban J connectivity index is 3.27. The number of aliphatic carboxylic acids is 1. The zero-order valence-corrected chi connectivity index (χ0v) is 6.84. The molecule has 0 aromatic carbocycles. The summed E-state index contributed by atoms with van der Waals surface area (Å²) in [6.07, 6.45) is 4.56. The van der Waals surface area contributed by atoms with Crippen LogP contribution in [0.1, 0.15) is 6.42 Å². The quantitative estimate of drug-likeness (QED) is 0.585. The average molecular weight is 186 g/mol. The third-order valence-electron chi connectivity index (χ3n) is 1.43. The molecule has 0 fully saturated rings. The number of carboxylic acid groups (broad SMARTS) is 1. The third kappa shape index (κ3) is 1.62. The van der Waals surface area contributed by atoms with Crippen LogP contribution >= 0.6 is 0 Å². The van der Waals surface area contributed by atoms with Gasteiger partial charge in [0.15, 0.2) is 0 Å². The summed E-state index contributed by atoms with van der Waals surface area (Å²) in [4.78, 5) is 10.4. The molecule has 0 atom stereocenters. The van der Waals surface area contributed by atoms with Gasteiger partial charge in [-0.05, 0) is 6.08 Å². The van der Waals surface area contributed by atoms with Crippen LogP contribution in [0.3, 0.4) is 0 Å². The van der Waals surface area contributed by atoms with Crippen molar-refractivity contribution in [3.63, 3.8) is 0 Å². The standard InChI is InChI=1S/C7H6O4S/c8-7(9)5-3-1-2-4-6(5)12(10)11/h1-3H,4H2,(H,8,9)/i7+0. The molecule has 1 aliphatic rings. The molecule has 0 spiro atoms. The van der Waals surface area contributed by atoms with Gasteiger partial charge in [0.2, 0.25) is 10.3 Å². The summed E-state index contributed by atoms with van der Waals surface area (Å²) in [6.45, 7) is 0. The van der Waals surface area contributed by atoms with Gasteiger partial charge in [-0.15, -0.1) is 0 Å². The molecule has 0 heterocycles. The lowest BCUT2D eigenvalue weighted by Gasteiger charge is -2.03. The van der Waals surface area contributed by atoms with Crippen LogP contribution in [0.15, 0.2) is 23.8 Å². The largest absolute Gasteiger partial charge is 0.478 e. The van der Waals surface area contributed by atoms with E-state index in [0.717, 1.165) is 0 Å². The molecule has 12 heavy (non-hydrogen) atoms. The van der Waals surface area contributed by atoms with E-state index in [1.165, 1.54) is 12.2 Å². The van der Waals surface area contributed by atoms with Crippen molar-refractivity contribution in [1.29, 1.82) is 0 Å². The summed E-state index contributed by atoms with van der Waals surface area (Å²) in [7, 11) is -2.44. The van der Waals surface area contributed by atoms with Gasteiger partial charge in [-0.3, -0.25) is 0 Å². The van der Waals surface area contributed by atoms with Gasteiger partial charge in [0.25, 0.3) is 0 Å². The van der Waals surface area contributed by atoms with E-state index in [2.05, 4.69) is 0 Å². The third-order valence-corrected chi connectivity index (χ3v) is 2.22. The van der Waals surface area contributed by atoms with Crippen LogP contribution in [0.2, 0.25) is 0 Å². The van der Waals surface area contributed by atoms with E-state index in [9.17, 15) is 13.2 Å². The summed E-state index contributed by atoms with van der Waals surface area (Å²) in [5.41, 5.74) is -0.147. The fourth-order valence-electron chi connectivity index (χ4n) is 0.891. The zero-order chi connectivity index (χ0) is 9.14. The van der Waals surface area contributed by atoms with Gasteiger partial charge in [-0.25, -0.2) is 4.79 Å². The van der Waals surface area contributed by atoms with Crippen LogP contribution in [0.4, 0.5) is 0 Å². The Kier molecular flexibility index (Phi) is 2.44. The molecule has 1 aliphatic carbocycles. The first-order chi connectivity index (χ1) is 5.63. The lowest BCUT2D eigenvalue weighted by molar-refractivity contribution is -0.132. The van der Waals surface area contributed by atoms with Gasteiger partial charge in [-0.1, -0.05) is 12.2 Å². The second kappa shape index (κ2) is 3.36. The van der Waals surface area contributed by atoms with Gasteiger partial charge in [0.05, 0.1) is 10.4 Å². The molecule has 0 aromatic heterocycles. The van der Waals surface area contributed by atoms with E-state index in [1.54, 1.807) is 6.08 Å². The maximum Gasteiger partial charge on any atom is 0.337 e. The predicted octanol–water partition coefficient (Wildman–Crippen LogP) is 0.00880. The minimum atomic E-state index is -2.44. The van der Waals surface area contributed by atoms with Gasteiger partial charge in [0.1, 0.15) is 0 Å². The Hall–Kier alpha value is -1.36. The van der Waals surface area contributed by atoms with E-state index in [4.69, 9.17) is 5.11 Å². The Morgan fingerprint density at radius 1 is 1.50 bits per heavy atom. The molecule has 0 aliphatic heterocycles. The topological polar surface area (TPSA) is 71.4 Å². The van der Waals surface area contributed by atoms with Crippen molar-refractivity contribution in [3.05, 3.63) is 23.8 Å². The highest BCUT2D eigenvalue weighted by Gasteiger charge is 2.16. The van der Waals surface area contributed by atoms with E-state index >= 15 is 0 Å². The van der Waals surface area contributed by atoms with Crippen molar-refractivity contribution in [2.75, 3.05) is 0 Å². The van der Waals surface area contributed by atoms with Crippen LogP contribution in [-0.4, -0.2) is 24.4 Å². The lowest BCUT2D eigenvalue weighted by Crippen LogP contribution is -2.14. The van der Waals surface area contributed by atoms with Crippen molar-refractivity contribution in [3.8, 4) is 0 Å². The second-order valence-electron chi connectivity index (χ2n) is 2.18. The molecule has 0 bridgehead atoms. The Labute approximate surface area is 70.4 Å². The Morgan fingerprint density at radius 2 is 2.17 bits per heavy atom. The van der Waals surface area contributed by atoms with Crippen molar-refractivity contribution >= 4 is 21.1 Å². The van der Waals surface area contributed by atoms with Crippen LogP contribution in [0.25, 0.3) is 0 Å². The highest BCUT2D eigenvalue weighted by atomic mass is 32.2. The highest BCUT2D eigenvalue weighted by molar-refractivity contribution is 7.73.